The quantitative estimate of drug-likeness (QED) is 0.676. The third kappa shape index (κ3) is 3.78. The van der Waals surface area contributed by atoms with Gasteiger partial charge in [0.05, 0.1) is 30.8 Å². The number of carbonyl (C=O) groups is 3. The first-order valence-corrected chi connectivity index (χ1v) is 11.7. The van der Waals surface area contributed by atoms with Gasteiger partial charge in [0.1, 0.15) is 0 Å². The van der Waals surface area contributed by atoms with Crippen molar-refractivity contribution < 1.29 is 19.1 Å². The Labute approximate surface area is 197 Å². The number of esters is 1. The second kappa shape index (κ2) is 8.45. The molecule has 8 heteroatoms. The molecule has 5 rings (SSSR count). The van der Waals surface area contributed by atoms with E-state index in [2.05, 4.69) is 10.3 Å². The summed E-state index contributed by atoms with van der Waals surface area (Å²) >= 11 is 6.40. The molecule has 0 bridgehead atoms. The third-order valence-electron chi connectivity index (χ3n) is 7.41. The largest absolute Gasteiger partial charge is 0.469 e. The first-order valence-electron chi connectivity index (χ1n) is 11.3. The van der Waals surface area contributed by atoms with Crippen LogP contribution in [0.1, 0.15) is 54.2 Å². The Morgan fingerprint density at radius 1 is 1.12 bits per heavy atom. The van der Waals surface area contributed by atoms with Gasteiger partial charge in [0, 0.05) is 17.3 Å². The smallest absolute Gasteiger partial charge is 0.329 e. The first kappa shape index (κ1) is 21.9. The summed E-state index contributed by atoms with van der Waals surface area (Å²) in [4.78, 5) is 44.0. The van der Waals surface area contributed by atoms with Gasteiger partial charge in [-0.2, -0.15) is 0 Å². The molecule has 1 aromatic carbocycles. The van der Waals surface area contributed by atoms with E-state index in [1.807, 2.05) is 31.2 Å². The number of aromatic nitrogens is 1. The maximum Gasteiger partial charge on any atom is 0.329 e. The van der Waals surface area contributed by atoms with E-state index < -0.39 is 6.03 Å². The van der Waals surface area contributed by atoms with Gasteiger partial charge < -0.3 is 10.1 Å². The molecule has 2 saturated carbocycles. The van der Waals surface area contributed by atoms with Crippen LogP contribution in [0.2, 0.25) is 5.02 Å². The lowest BCUT2D eigenvalue weighted by Crippen LogP contribution is -2.61. The van der Waals surface area contributed by atoms with E-state index in [-0.39, 0.29) is 41.6 Å². The zero-order valence-corrected chi connectivity index (χ0v) is 19.3. The Kier molecular flexibility index (Phi) is 5.60. The molecule has 0 radical (unpaired) electrons. The second-order valence-corrected chi connectivity index (χ2v) is 9.62. The van der Waals surface area contributed by atoms with Gasteiger partial charge in [0.2, 0.25) is 5.91 Å². The van der Waals surface area contributed by atoms with E-state index in [1.54, 1.807) is 12.4 Å². The van der Waals surface area contributed by atoms with Crippen molar-refractivity contribution in [3.05, 3.63) is 58.4 Å². The molecule has 2 heterocycles. The van der Waals surface area contributed by atoms with Crippen molar-refractivity contribution in [1.29, 1.82) is 0 Å². The number of imide groups is 1. The first-order chi connectivity index (χ1) is 15.9. The van der Waals surface area contributed by atoms with Crippen LogP contribution >= 0.6 is 11.6 Å². The molecule has 172 valence electrons. The molecule has 3 aliphatic rings. The Morgan fingerprint density at radius 3 is 2.67 bits per heavy atom. The Hall–Kier alpha value is -2.93. The number of halogens is 1. The highest BCUT2D eigenvalue weighted by molar-refractivity contribution is 6.31. The maximum absolute atomic E-state index is 13.5. The monoisotopic (exact) mass is 467 g/mol. The number of carbonyl (C=O) groups excluding carboxylic acids is 3. The number of anilines is 1. The minimum atomic E-state index is -0.427. The molecule has 1 aromatic heterocycles. The number of benzene rings is 1. The van der Waals surface area contributed by atoms with Crippen LogP contribution in [-0.4, -0.2) is 36.0 Å². The van der Waals surface area contributed by atoms with Crippen LogP contribution in [0.5, 0.6) is 0 Å². The third-order valence-corrected chi connectivity index (χ3v) is 7.75. The van der Waals surface area contributed by atoms with Gasteiger partial charge in [-0.25, -0.2) is 9.69 Å². The number of ether oxygens (including phenoxy) is 1. The number of amides is 3. The summed E-state index contributed by atoms with van der Waals surface area (Å²) in [5.74, 6) is -0.698. The highest BCUT2D eigenvalue weighted by Gasteiger charge is 2.48. The number of methoxy groups -OCH3 is 1. The van der Waals surface area contributed by atoms with Gasteiger partial charge in [0.15, 0.2) is 0 Å². The lowest BCUT2D eigenvalue weighted by atomic mass is 9.74. The van der Waals surface area contributed by atoms with Gasteiger partial charge in [-0.05, 0) is 67.2 Å². The Bertz CT molecular complexity index is 1140. The average molecular weight is 468 g/mol. The van der Waals surface area contributed by atoms with Crippen molar-refractivity contribution in [1.82, 2.24) is 10.3 Å². The fourth-order valence-electron chi connectivity index (χ4n) is 5.51. The average Bonchev–Trinajstić information content (AvgIpc) is 3.60. The van der Waals surface area contributed by atoms with Crippen LogP contribution in [0.15, 0.2) is 36.7 Å². The van der Waals surface area contributed by atoms with E-state index in [4.69, 9.17) is 16.3 Å². The van der Waals surface area contributed by atoms with E-state index in [0.29, 0.717) is 24.9 Å². The molecular formula is C25H26ClN3O4. The number of hydrogen-bond donors (Lipinski definition) is 1. The number of nitrogens with zero attached hydrogens (tertiary/aromatic N) is 2. The molecule has 5 atom stereocenters. The summed E-state index contributed by atoms with van der Waals surface area (Å²) in [5.41, 5.74) is 3.23. The fourth-order valence-corrected chi connectivity index (χ4v) is 5.80. The summed E-state index contributed by atoms with van der Waals surface area (Å²) in [6, 6.07) is 7.12. The van der Waals surface area contributed by atoms with Crippen molar-refractivity contribution >= 4 is 35.2 Å². The zero-order chi connectivity index (χ0) is 23.3. The number of hydrogen-bond acceptors (Lipinski definition) is 5. The Morgan fingerprint density at radius 2 is 1.91 bits per heavy atom. The molecular weight excluding hydrogens is 442 g/mol. The summed E-state index contributed by atoms with van der Waals surface area (Å²) < 4.78 is 4.86. The molecule has 3 fully saturated rings. The molecule has 7 nitrogen and oxygen atoms in total. The van der Waals surface area contributed by atoms with E-state index >= 15 is 0 Å². The van der Waals surface area contributed by atoms with E-state index in [9.17, 15) is 14.4 Å². The number of rotatable bonds is 4. The van der Waals surface area contributed by atoms with E-state index in [1.165, 1.54) is 12.0 Å². The zero-order valence-electron chi connectivity index (χ0n) is 18.6. The fraction of sp³-hybridized carbons (Fsp3) is 0.440. The van der Waals surface area contributed by atoms with Crippen molar-refractivity contribution in [2.75, 3.05) is 12.0 Å². The highest BCUT2D eigenvalue weighted by Crippen LogP contribution is 2.50. The number of nitrogens with one attached hydrogen (secondary N) is 1. The minimum Gasteiger partial charge on any atom is -0.469 e. The van der Waals surface area contributed by atoms with E-state index in [0.717, 1.165) is 28.1 Å². The minimum absolute atomic E-state index is 0.00617. The molecule has 33 heavy (non-hydrogen) atoms. The SMILES string of the molecule is COC(=O)[C@H]1C[C@@H]1c1cncc(N2C(=O)NC3CC(c4ccccc4Cl)CCC3C2=O)c1C. The van der Waals surface area contributed by atoms with Crippen molar-refractivity contribution in [2.45, 2.75) is 50.5 Å². The van der Waals surface area contributed by atoms with Crippen LogP contribution in [0.4, 0.5) is 10.5 Å². The molecule has 3 amide bonds. The molecule has 1 saturated heterocycles. The standard InChI is InChI=1S/C25H26ClN3O4/c1-13-19(17-10-18(17)24(31)33-2)11-27-12-22(13)29-23(30)16-8-7-14(9-21(16)28-25(29)32)15-5-3-4-6-20(15)26/h3-6,11-12,14,16-18,21H,7-10H2,1-2H3,(H,28,32)/t14?,16?,17-,18-,21?/m0/s1. The number of fused-ring (bicyclic) bond motifs is 1. The molecule has 2 aromatic rings. The highest BCUT2D eigenvalue weighted by atomic mass is 35.5. The molecule has 2 aliphatic carbocycles. The lowest BCUT2D eigenvalue weighted by Gasteiger charge is -2.42. The topological polar surface area (TPSA) is 88.6 Å². The van der Waals surface area contributed by atoms with Crippen LogP contribution in [-0.2, 0) is 14.3 Å². The van der Waals surface area contributed by atoms with Gasteiger partial charge in [-0.3, -0.25) is 14.6 Å². The van der Waals surface area contributed by atoms with Crippen molar-refractivity contribution in [2.24, 2.45) is 11.8 Å². The van der Waals surface area contributed by atoms with Crippen molar-refractivity contribution in [3.63, 3.8) is 0 Å². The maximum atomic E-state index is 13.5. The van der Waals surface area contributed by atoms with Crippen LogP contribution < -0.4 is 10.2 Å². The predicted octanol–water partition coefficient (Wildman–Crippen LogP) is 4.33. The van der Waals surface area contributed by atoms with Gasteiger partial charge >= 0.3 is 12.0 Å². The van der Waals surface area contributed by atoms with Crippen LogP contribution in [0.3, 0.4) is 0 Å². The summed E-state index contributed by atoms with van der Waals surface area (Å²) in [7, 11) is 1.38. The lowest BCUT2D eigenvalue weighted by molar-refractivity contribution is -0.142. The van der Waals surface area contributed by atoms with Crippen LogP contribution in [0, 0.1) is 18.8 Å². The molecule has 1 aliphatic heterocycles. The van der Waals surface area contributed by atoms with Gasteiger partial charge in [0.25, 0.3) is 0 Å². The summed E-state index contributed by atoms with van der Waals surface area (Å²) in [6.45, 7) is 1.87. The van der Waals surface area contributed by atoms with Crippen LogP contribution in [0.25, 0.3) is 0 Å². The van der Waals surface area contributed by atoms with Crippen molar-refractivity contribution in [3.8, 4) is 0 Å². The normalized spacial score (nSPS) is 28.7. The Balaban J connectivity index is 1.37. The van der Waals surface area contributed by atoms with Gasteiger partial charge in [-0.1, -0.05) is 29.8 Å². The molecule has 3 unspecified atom stereocenters. The van der Waals surface area contributed by atoms with Gasteiger partial charge in [-0.15, -0.1) is 0 Å². The summed E-state index contributed by atoms with van der Waals surface area (Å²) in [5, 5.41) is 3.79. The number of urea groups is 1. The number of pyridine rings is 1. The molecule has 0 spiro atoms. The predicted molar refractivity (Wildman–Crippen MR) is 123 cm³/mol. The molecule has 1 N–H and O–H groups in total. The second-order valence-electron chi connectivity index (χ2n) is 9.21. The summed E-state index contributed by atoms with van der Waals surface area (Å²) in [6.07, 6.45) is 6.15.